The van der Waals surface area contributed by atoms with Crippen LogP contribution >= 0.6 is 0 Å². The third-order valence-electron chi connectivity index (χ3n) is 2.13. The van der Waals surface area contributed by atoms with Crippen molar-refractivity contribution < 1.29 is 4.79 Å². The minimum atomic E-state index is 0.0434. The molecule has 0 aromatic rings. The molecule has 1 amide bonds. The summed E-state index contributed by atoms with van der Waals surface area (Å²) in [6.45, 7) is 7.83. The van der Waals surface area contributed by atoms with Crippen molar-refractivity contribution in [3.63, 3.8) is 0 Å². The van der Waals surface area contributed by atoms with E-state index >= 15 is 0 Å². The molecule has 0 rings (SSSR count). The van der Waals surface area contributed by atoms with Crippen LogP contribution in [-0.2, 0) is 4.79 Å². The van der Waals surface area contributed by atoms with Crippen LogP contribution in [0.4, 0.5) is 0 Å². The zero-order valence-electron chi connectivity index (χ0n) is 8.53. The Morgan fingerprint density at radius 2 is 2.00 bits per heavy atom. The van der Waals surface area contributed by atoms with Gasteiger partial charge in [-0.1, -0.05) is 20.8 Å². The van der Waals surface area contributed by atoms with E-state index in [1.165, 1.54) is 0 Å². The Morgan fingerprint density at radius 3 is 2.42 bits per heavy atom. The second-order valence-electron chi connectivity index (χ2n) is 3.79. The lowest BCUT2D eigenvalue weighted by Gasteiger charge is -2.22. The Labute approximate surface area is 74.9 Å². The second kappa shape index (κ2) is 5.14. The average molecular weight is 172 g/mol. The Balaban J connectivity index is 3.49. The van der Waals surface area contributed by atoms with Crippen LogP contribution in [0, 0.1) is 5.41 Å². The maximum Gasteiger partial charge on any atom is 0.233 e. The number of carbonyl (C=O) groups excluding carboxylic acids is 1. The van der Waals surface area contributed by atoms with E-state index in [-0.39, 0.29) is 11.3 Å². The van der Waals surface area contributed by atoms with Gasteiger partial charge in [-0.2, -0.15) is 0 Å². The monoisotopic (exact) mass is 172 g/mol. The topological polar surface area (TPSA) is 41.1 Å². The molecule has 3 heteroatoms. The van der Waals surface area contributed by atoms with Gasteiger partial charge in [-0.05, 0) is 11.8 Å². The smallest absolute Gasteiger partial charge is 0.233 e. The van der Waals surface area contributed by atoms with Crippen molar-refractivity contribution in [1.29, 1.82) is 0 Å². The van der Waals surface area contributed by atoms with Gasteiger partial charge >= 0.3 is 0 Å². The zero-order valence-corrected chi connectivity index (χ0v) is 8.53. The van der Waals surface area contributed by atoms with E-state index in [0.29, 0.717) is 6.54 Å². The van der Waals surface area contributed by atoms with E-state index in [0.717, 1.165) is 13.0 Å². The molecule has 0 radical (unpaired) electrons. The number of hydrogen-bond acceptors (Lipinski definition) is 2. The number of likely N-dealkylation sites (N-methyl/N-ethyl adjacent to an activating group) is 1. The Kier molecular flexibility index (Phi) is 4.90. The molecule has 2 N–H and O–H groups in total. The SMILES string of the molecule is CCC(C)(C)CNCC(=O)NC. The van der Waals surface area contributed by atoms with Gasteiger partial charge in [-0.3, -0.25) is 4.79 Å². The summed E-state index contributed by atoms with van der Waals surface area (Å²) in [6.07, 6.45) is 1.12. The van der Waals surface area contributed by atoms with Crippen molar-refractivity contribution in [2.45, 2.75) is 27.2 Å². The number of nitrogens with one attached hydrogen (secondary N) is 2. The van der Waals surface area contributed by atoms with Crippen molar-refractivity contribution in [2.24, 2.45) is 5.41 Å². The minimum absolute atomic E-state index is 0.0434. The zero-order chi connectivity index (χ0) is 9.61. The van der Waals surface area contributed by atoms with E-state index in [1.807, 2.05) is 0 Å². The fourth-order valence-electron chi connectivity index (χ4n) is 0.728. The first-order valence-electron chi connectivity index (χ1n) is 4.43. The molecule has 0 aliphatic rings. The van der Waals surface area contributed by atoms with Crippen molar-refractivity contribution in [1.82, 2.24) is 10.6 Å². The van der Waals surface area contributed by atoms with Crippen LogP contribution in [-0.4, -0.2) is 26.0 Å². The van der Waals surface area contributed by atoms with Crippen LogP contribution in [0.5, 0.6) is 0 Å². The molecule has 0 aliphatic heterocycles. The molecule has 0 saturated carbocycles. The predicted octanol–water partition coefficient (Wildman–Crippen LogP) is 0.758. The Hall–Kier alpha value is -0.570. The van der Waals surface area contributed by atoms with Gasteiger partial charge in [0, 0.05) is 13.6 Å². The summed E-state index contributed by atoms with van der Waals surface area (Å²) in [5, 5.41) is 5.68. The Morgan fingerprint density at radius 1 is 1.42 bits per heavy atom. The molecule has 0 aliphatic carbocycles. The number of hydrogen-bond donors (Lipinski definition) is 2. The molecule has 72 valence electrons. The van der Waals surface area contributed by atoms with Crippen LogP contribution in [0.3, 0.4) is 0 Å². The highest BCUT2D eigenvalue weighted by Crippen LogP contribution is 2.17. The fraction of sp³-hybridized carbons (Fsp3) is 0.889. The third-order valence-corrected chi connectivity index (χ3v) is 2.13. The lowest BCUT2D eigenvalue weighted by molar-refractivity contribution is -0.119. The lowest BCUT2D eigenvalue weighted by atomic mass is 9.90. The van der Waals surface area contributed by atoms with Crippen LogP contribution in [0.15, 0.2) is 0 Å². The molecule has 12 heavy (non-hydrogen) atoms. The van der Waals surface area contributed by atoms with Crippen molar-refractivity contribution in [2.75, 3.05) is 20.1 Å². The first kappa shape index (κ1) is 11.4. The molecule has 0 spiro atoms. The fourth-order valence-corrected chi connectivity index (χ4v) is 0.728. The minimum Gasteiger partial charge on any atom is -0.358 e. The second-order valence-corrected chi connectivity index (χ2v) is 3.79. The highest BCUT2D eigenvalue weighted by molar-refractivity contribution is 5.77. The highest BCUT2D eigenvalue weighted by Gasteiger charge is 2.14. The van der Waals surface area contributed by atoms with Crippen LogP contribution < -0.4 is 10.6 Å². The van der Waals surface area contributed by atoms with E-state index < -0.39 is 0 Å². The molecule has 0 aromatic heterocycles. The van der Waals surface area contributed by atoms with Gasteiger partial charge in [0.2, 0.25) is 5.91 Å². The van der Waals surface area contributed by atoms with E-state index in [4.69, 9.17) is 0 Å². The summed E-state index contributed by atoms with van der Waals surface area (Å²) >= 11 is 0. The molecule has 0 bridgehead atoms. The normalized spacial score (nSPS) is 11.3. The highest BCUT2D eigenvalue weighted by atomic mass is 16.1. The van der Waals surface area contributed by atoms with Crippen LogP contribution in [0.1, 0.15) is 27.2 Å². The number of carbonyl (C=O) groups is 1. The molecule has 0 heterocycles. The van der Waals surface area contributed by atoms with Gasteiger partial charge in [0.1, 0.15) is 0 Å². The van der Waals surface area contributed by atoms with E-state index in [2.05, 4.69) is 31.4 Å². The quantitative estimate of drug-likeness (QED) is 0.643. The first-order chi connectivity index (χ1) is 5.52. The van der Waals surface area contributed by atoms with Gasteiger partial charge in [0.05, 0.1) is 6.54 Å². The maximum absolute atomic E-state index is 10.8. The van der Waals surface area contributed by atoms with Gasteiger partial charge < -0.3 is 10.6 Å². The summed E-state index contributed by atoms with van der Waals surface area (Å²) in [5.41, 5.74) is 0.286. The van der Waals surface area contributed by atoms with Gasteiger partial charge in [-0.15, -0.1) is 0 Å². The molecule has 0 aromatic carbocycles. The molecular weight excluding hydrogens is 152 g/mol. The average Bonchev–Trinajstić information content (AvgIpc) is 2.04. The molecule has 3 nitrogen and oxygen atoms in total. The molecule has 0 saturated heterocycles. The van der Waals surface area contributed by atoms with Crippen molar-refractivity contribution in [3.05, 3.63) is 0 Å². The molecule has 0 atom stereocenters. The largest absolute Gasteiger partial charge is 0.358 e. The first-order valence-corrected chi connectivity index (χ1v) is 4.43. The molecule has 0 fully saturated rings. The molecular formula is C9H20N2O. The molecule has 0 unspecified atom stereocenters. The summed E-state index contributed by atoms with van der Waals surface area (Å²) in [4.78, 5) is 10.8. The van der Waals surface area contributed by atoms with Gasteiger partial charge in [0.15, 0.2) is 0 Å². The summed E-state index contributed by atoms with van der Waals surface area (Å²) in [6, 6.07) is 0. The number of rotatable bonds is 5. The van der Waals surface area contributed by atoms with Crippen LogP contribution in [0.25, 0.3) is 0 Å². The Bertz CT molecular complexity index is 143. The van der Waals surface area contributed by atoms with Crippen molar-refractivity contribution >= 4 is 5.91 Å². The van der Waals surface area contributed by atoms with E-state index in [1.54, 1.807) is 7.05 Å². The van der Waals surface area contributed by atoms with Crippen molar-refractivity contribution in [3.8, 4) is 0 Å². The summed E-state index contributed by atoms with van der Waals surface area (Å²) in [5.74, 6) is 0.0434. The maximum atomic E-state index is 10.8. The van der Waals surface area contributed by atoms with Gasteiger partial charge in [0.25, 0.3) is 0 Å². The standard InChI is InChI=1S/C9H20N2O/c1-5-9(2,3)7-11-6-8(12)10-4/h11H,5-7H2,1-4H3,(H,10,12). The van der Waals surface area contributed by atoms with Crippen LogP contribution in [0.2, 0.25) is 0 Å². The summed E-state index contributed by atoms with van der Waals surface area (Å²) in [7, 11) is 1.65. The third kappa shape index (κ3) is 5.13. The summed E-state index contributed by atoms with van der Waals surface area (Å²) < 4.78 is 0. The van der Waals surface area contributed by atoms with Gasteiger partial charge in [-0.25, -0.2) is 0 Å². The lowest BCUT2D eigenvalue weighted by Crippen LogP contribution is -2.36. The predicted molar refractivity (Wildman–Crippen MR) is 51.0 cm³/mol. The number of amides is 1. The van der Waals surface area contributed by atoms with E-state index in [9.17, 15) is 4.79 Å².